The van der Waals surface area contributed by atoms with E-state index in [1.54, 1.807) is 17.8 Å². The van der Waals surface area contributed by atoms with Gasteiger partial charge in [-0.15, -0.1) is 11.8 Å². The van der Waals surface area contributed by atoms with Crippen LogP contribution in [0.3, 0.4) is 0 Å². The SMILES string of the molecule is CSc1cccc(-c2ccc(C(=O)O)c(O)c2)c1. The lowest BCUT2D eigenvalue weighted by Gasteiger charge is -2.06. The van der Waals surface area contributed by atoms with Gasteiger partial charge in [0.1, 0.15) is 11.3 Å². The molecule has 0 spiro atoms. The summed E-state index contributed by atoms with van der Waals surface area (Å²) < 4.78 is 0. The van der Waals surface area contributed by atoms with Gasteiger partial charge in [0.25, 0.3) is 0 Å². The van der Waals surface area contributed by atoms with Gasteiger partial charge in [0.15, 0.2) is 0 Å². The van der Waals surface area contributed by atoms with Gasteiger partial charge in [-0.3, -0.25) is 0 Å². The maximum Gasteiger partial charge on any atom is 0.339 e. The topological polar surface area (TPSA) is 57.5 Å². The molecular formula is C14H12O3S. The van der Waals surface area contributed by atoms with Crippen LogP contribution in [-0.2, 0) is 0 Å². The van der Waals surface area contributed by atoms with Crippen LogP contribution in [0.15, 0.2) is 47.4 Å². The van der Waals surface area contributed by atoms with Crippen molar-refractivity contribution in [3.05, 3.63) is 48.0 Å². The maximum absolute atomic E-state index is 10.8. The van der Waals surface area contributed by atoms with E-state index in [9.17, 15) is 9.90 Å². The van der Waals surface area contributed by atoms with Crippen molar-refractivity contribution in [1.29, 1.82) is 0 Å². The molecule has 2 aromatic carbocycles. The van der Waals surface area contributed by atoms with Crippen LogP contribution in [0.25, 0.3) is 11.1 Å². The van der Waals surface area contributed by atoms with Gasteiger partial charge in [-0.2, -0.15) is 0 Å². The summed E-state index contributed by atoms with van der Waals surface area (Å²) in [7, 11) is 0. The predicted molar refractivity (Wildman–Crippen MR) is 72.3 cm³/mol. The molecule has 0 fully saturated rings. The van der Waals surface area contributed by atoms with Crippen molar-refractivity contribution in [2.75, 3.05) is 6.26 Å². The van der Waals surface area contributed by atoms with Gasteiger partial charge in [-0.05, 0) is 41.6 Å². The second kappa shape index (κ2) is 5.14. The molecule has 0 atom stereocenters. The number of thioether (sulfide) groups is 1. The molecule has 0 heterocycles. The molecule has 0 saturated heterocycles. The lowest BCUT2D eigenvalue weighted by atomic mass is 10.0. The van der Waals surface area contributed by atoms with Gasteiger partial charge in [0.05, 0.1) is 0 Å². The molecule has 0 aliphatic heterocycles. The molecule has 0 aliphatic rings. The Morgan fingerprint density at radius 1 is 1.11 bits per heavy atom. The van der Waals surface area contributed by atoms with Crippen LogP contribution in [0.2, 0.25) is 0 Å². The van der Waals surface area contributed by atoms with E-state index in [1.807, 2.05) is 30.5 Å². The second-order valence-corrected chi connectivity index (χ2v) is 4.65. The van der Waals surface area contributed by atoms with Crippen molar-refractivity contribution in [3.63, 3.8) is 0 Å². The van der Waals surface area contributed by atoms with E-state index in [0.29, 0.717) is 0 Å². The van der Waals surface area contributed by atoms with Crippen molar-refractivity contribution in [3.8, 4) is 16.9 Å². The second-order valence-electron chi connectivity index (χ2n) is 3.77. The average Bonchev–Trinajstić information content (AvgIpc) is 2.38. The number of phenols is 1. The number of aromatic hydroxyl groups is 1. The Kier molecular flexibility index (Phi) is 3.58. The van der Waals surface area contributed by atoms with Crippen molar-refractivity contribution in [1.82, 2.24) is 0 Å². The van der Waals surface area contributed by atoms with E-state index in [2.05, 4.69) is 0 Å². The number of aromatic carboxylic acids is 1. The number of carbonyl (C=O) groups is 1. The number of hydrogen-bond acceptors (Lipinski definition) is 3. The lowest BCUT2D eigenvalue weighted by molar-refractivity contribution is 0.0694. The van der Waals surface area contributed by atoms with Crippen molar-refractivity contribution in [2.24, 2.45) is 0 Å². The van der Waals surface area contributed by atoms with Gasteiger partial charge in [-0.25, -0.2) is 4.79 Å². The van der Waals surface area contributed by atoms with Crippen LogP contribution >= 0.6 is 11.8 Å². The van der Waals surface area contributed by atoms with Gasteiger partial charge >= 0.3 is 5.97 Å². The van der Waals surface area contributed by atoms with Crippen LogP contribution < -0.4 is 0 Å². The Bertz CT molecular complexity index is 593. The Labute approximate surface area is 109 Å². The summed E-state index contributed by atoms with van der Waals surface area (Å²) in [6.07, 6.45) is 1.99. The number of hydrogen-bond donors (Lipinski definition) is 2. The Morgan fingerprint density at radius 2 is 1.83 bits per heavy atom. The summed E-state index contributed by atoms with van der Waals surface area (Å²) >= 11 is 1.63. The highest BCUT2D eigenvalue weighted by atomic mass is 32.2. The first-order valence-corrected chi connectivity index (χ1v) is 6.55. The molecule has 18 heavy (non-hydrogen) atoms. The number of rotatable bonds is 3. The molecule has 0 unspecified atom stereocenters. The average molecular weight is 260 g/mol. The third-order valence-corrected chi connectivity index (χ3v) is 3.36. The molecule has 0 amide bonds. The van der Waals surface area contributed by atoms with Gasteiger partial charge in [0.2, 0.25) is 0 Å². The zero-order chi connectivity index (χ0) is 13.1. The fraction of sp³-hybridized carbons (Fsp3) is 0.0714. The quantitative estimate of drug-likeness (QED) is 0.829. The van der Waals surface area contributed by atoms with Crippen LogP contribution in [0, 0.1) is 0 Å². The minimum Gasteiger partial charge on any atom is -0.507 e. The van der Waals surface area contributed by atoms with Crippen molar-refractivity contribution < 1.29 is 15.0 Å². The molecule has 0 aliphatic carbocycles. The third kappa shape index (κ3) is 2.49. The third-order valence-electron chi connectivity index (χ3n) is 2.63. The minimum absolute atomic E-state index is 0.0835. The van der Waals surface area contributed by atoms with E-state index in [-0.39, 0.29) is 11.3 Å². The molecule has 0 radical (unpaired) electrons. The summed E-state index contributed by atoms with van der Waals surface area (Å²) in [5, 5.41) is 18.5. The van der Waals surface area contributed by atoms with Crippen LogP contribution in [-0.4, -0.2) is 22.4 Å². The molecule has 2 rings (SSSR count). The van der Waals surface area contributed by atoms with Crippen molar-refractivity contribution >= 4 is 17.7 Å². The van der Waals surface area contributed by atoms with E-state index < -0.39 is 5.97 Å². The Hall–Kier alpha value is -1.94. The first-order chi connectivity index (χ1) is 8.61. The molecule has 0 saturated carbocycles. The predicted octanol–water partition coefficient (Wildman–Crippen LogP) is 3.48. The molecule has 0 bridgehead atoms. The summed E-state index contributed by atoms with van der Waals surface area (Å²) in [5.41, 5.74) is 1.67. The van der Waals surface area contributed by atoms with Crippen LogP contribution in [0.5, 0.6) is 5.75 Å². The summed E-state index contributed by atoms with van der Waals surface area (Å²) in [6.45, 7) is 0. The Morgan fingerprint density at radius 3 is 2.44 bits per heavy atom. The molecule has 2 N–H and O–H groups in total. The van der Waals surface area contributed by atoms with E-state index in [4.69, 9.17) is 5.11 Å². The van der Waals surface area contributed by atoms with Gasteiger partial charge in [-0.1, -0.05) is 18.2 Å². The van der Waals surface area contributed by atoms with Gasteiger partial charge in [0, 0.05) is 4.90 Å². The van der Waals surface area contributed by atoms with E-state index in [1.165, 1.54) is 12.1 Å². The summed E-state index contributed by atoms with van der Waals surface area (Å²) in [5.74, 6) is -1.34. The molecule has 0 aromatic heterocycles. The number of carboxylic acids is 1. The standard InChI is InChI=1S/C14H12O3S/c1-18-11-4-2-3-9(7-11)10-5-6-12(14(16)17)13(15)8-10/h2-8,15H,1H3,(H,16,17). The van der Waals surface area contributed by atoms with Crippen molar-refractivity contribution in [2.45, 2.75) is 4.90 Å². The lowest BCUT2D eigenvalue weighted by Crippen LogP contribution is -1.96. The fourth-order valence-electron chi connectivity index (χ4n) is 1.69. The molecule has 4 heteroatoms. The highest BCUT2D eigenvalue weighted by Crippen LogP contribution is 2.28. The number of benzene rings is 2. The van der Waals surface area contributed by atoms with E-state index in [0.717, 1.165) is 16.0 Å². The summed E-state index contributed by atoms with van der Waals surface area (Å²) in [4.78, 5) is 11.9. The molecular weight excluding hydrogens is 248 g/mol. The molecule has 92 valence electrons. The maximum atomic E-state index is 10.8. The molecule has 3 nitrogen and oxygen atoms in total. The normalized spacial score (nSPS) is 10.3. The smallest absolute Gasteiger partial charge is 0.339 e. The first kappa shape index (κ1) is 12.5. The zero-order valence-electron chi connectivity index (χ0n) is 9.75. The largest absolute Gasteiger partial charge is 0.507 e. The zero-order valence-corrected chi connectivity index (χ0v) is 10.6. The Balaban J connectivity index is 2.45. The first-order valence-electron chi connectivity index (χ1n) is 5.32. The summed E-state index contributed by atoms with van der Waals surface area (Å²) in [6, 6.07) is 12.4. The van der Waals surface area contributed by atoms with Crippen LogP contribution in [0.1, 0.15) is 10.4 Å². The van der Waals surface area contributed by atoms with Crippen LogP contribution in [0.4, 0.5) is 0 Å². The minimum atomic E-state index is -1.13. The molecule has 2 aromatic rings. The highest BCUT2D eigenvalue weighted by Gasteiger charge is 2.10. The fourth-order valence-corrected chi connectivity index (χ4v) is 2.15. The number of carboxylic acid groups (broad SMARTS) is 1. The van der Waals surface area contributed by atoms with Gasteiger partial charge < -0.3 is 10.2 Å². The van der Waals surface area contributed by atoms with E-state index >= 15 is 0 Å². The highest BCUT2D eigenvalue weighted by molar-refractivity contribution is 7.98. The monoisotopic (exact) mass is 260 g/mol.